The maximum absolute atomic E-state index is 14.2. The largest absolute Gasteiger partial charge is 0.382 e. The number of nitrogens with zero attached hydrogens (tertiary/aromatic N) is 2. The Bertz CT molecular complexity index is 785. The molecule has 1 saturated heterocycles. The number of sulfone groups is 1. The van der Waals surface area contributed by atoms with E-state index in [2.05, 4.69) is 6.92 Å². The van der Waals surface area contributed by atoms with E-state index in [1.165, 1.54) is 22.1 Å². The quantitative estimate of drug-likeness (QED) is 0.744. The Kier molecular flexibility index (Phi) is 6.11. The third-order valence-corrected chi connectivity index (χ3v) is 6.13. The second-order valence-corrected chi connectivity index (χ2v) is 8.83. The van der Waals surface area contributed by atoms with Crippen LogP contribution in [0.2, 0.25) is 5.02 Å². The van der Waals surface area contributed by atoms with Crippen molar-refractivity contribution in [2.45, 2.75) is 24.7 Å². The molecule has 1 heterocycles. The molecule has 0 aromatic heterocycles. The topological polar surface area (TPSA) is 57.7 Å². The standard InChI is InChI=1S/C17H22ClFN2O3S/c1-12-6-8-21(9-7-12)17(22)16(11-20(2)3)25(23,24)15-5-4-13(18)10-14(15)19/h4-5,10-12H,6-9H2,1-3H3/b16-11-. The number of hydrogen-bond donors (Lipinski definition) is 0. The Morgan fingerprint density at radius 2 is 1.92 bits per heavy atom. The minimum absolute atomic E-state index is 0.0888. The Balaban J connectivity index is 2.45. The Morgan fingerprint density at radius 1 is 1.32 bits per heavy atom. The number of hydrogen-bond acceptors (Lipinski definition) is 4. The van der Waals surface area contributed by atoms with Crippen molar-refractivity contribution in [2.75, 3.05) is 27.2 Å². The molecule has 25 heavy (non-hydrogen) atoms. The van der Waals surface area contributed by atoms with Crippen LogP contribution in [0.3, 0.4) is 0 Å². The van der Waals surface area contributed by atoms with Crippen molar-refractivity contribution in [3.63, 3.8) is 0 Å². The van der Waals surface area contributed by atoms with Crippen LogP contribution >= 0.6 is 11.6 Å². The van der Waals surface area contributed by atoms with Gasteiger partial charge in [-0.15, -0.1) is 0 Å². The predicted molar refractivity (Wildman–Crippen MR) is 95.3 cm³/mol. The average molecular weight is 389 g/mol. The van der Waals surface area contributed by atoms with Gasteiger partial charge in [-0.05, 0) is 37.0 Å². The van der Waals surface area contributed by atoms with E-state index in [1.807, 2.05) is 0 Å². The van der Waals surface area contributed by atoms with Gasteiger partial charge in [0, 0.05) is 38.4 Å². The molecule has 0 bridgehead atoms. The molecule has 0 aliphatic carbocycles. The van der Waals surface area contributed by atoms with Gasteiger partial charge in [0.2, 0.25) is 9.84 Å². The van der Waals surface area contributed by atoms with E-state index in [9.17, 15) is 17.6 Å². The summed E-state index contributed by atoms with van der Waals surface area (Å²) < 4.78 is 40.0. The van der Waals surface area contributed by atoms with Gasteiger partial charge in [-0.3, -0.25) is 4.79 Å². The van der Waals surface area contributed by atoms with Crippen molar-refractivity contribution in [1.82, 2.24) is 9.80 Å². The van der Waals surface area contributed by atoms with Gasteiger partial charge in [-0.2, -0.15) is 0 Å². The molecule has 0 N–H and O–H groups in total. The van der Waals surface area contributed by atoms with Crippen molar-refractivity contribution in [1.29, 1.82) is 0 Å². The lowest BCUT2D eigenvalue weighted by molar-refractivity contribution is -0.127. The summed E-state index contributed by atoms with van der Waals surface area (Å²) in [5.41, 5.74) is 0. The van der Waals surface area contributed by atoms with Crippen molar-refractivity contribution in [3.05, 3.63) is 40.1 Å². The maximum Gasteiger partial charge on any atom is 0.267 e. The van der Waals surface area contributed by atoms with Gasteiger partial charge in [-0.1, -0.05) is 18.5 Å². The zero-order valence-electron chi connectivity index (χ0n) is 14.5. The summed E-state index contributed by atoms with van der Waals surface area (Å²) in [5, 5.41) is 0.0888. The minimum atomic E-state index is -4.31. The number of likely N-dealkylation sites (tertiary alicyclic amines) is 1. The Labute approximate surface area is 153 Å². The second kappa shape index (κ2) is 7.74. The van der Waals surface area contributed by atoms with Crippen LogP contribution < -0.4 is 0 Å². The van der Waals surface area contributed by atoms with Gasteiger partial charge in [0.25, 0.3) is 5.91 Å². The molecule has 0 unspecified atom stereocenters. The maximum atomic E-state index is 14.2. The van der Waals surface area contributed by atoms with Gasteiger partial charge < -0.3 is 9.80 Å². The van der Waals surface area contributed by atoms with E-state index >= 15 is 0 Å². The van der Waals surface area contributed by atoms with Crippen LogP contribution in [0.1, 0.15) is 19.8 Å². The first-order valence-electron chi connectivity index (χ1n) is 8.00. The van der Waals surface area contributed by atoms with Crippen LogP contribution in [0.25, 0.3) is 0 Å². The summed E-state index contributed by atoms with van der Waals surface area (Å²) in [7, 11) is -1.09. The van der Waals surface area contributed by atoms with Crippen LogP contribution in [0.15, 0.2) is 34.2 Å². The van der Waals surface area contributed by atoms with E-state index in [0.29, 0.717) is 19.0 Å². The molecule has 1 amide bonds. The molecule has 1 aromatic rings. The second-order valence-electron chi connectivity index (χ2n) is 6.51. The summed E-state index contributed by atoms with van der Waals surface area (Å²) in [6.45, 7) is 3.07. The Hall–Kier alpha value is -1.60. The summed E-state index contributed by atoms with van der Waals surface area (Å²) in [6, 6.07) is 3.30. The van der Waals surface area contributed by atoms with Gasteiger partial charge in [0.15, 0.2) is 4.91 Å². The highest BCUT2D eigenvalue weighted by Gasteiger charge is 2.34. The third kappa shape index (κ3) is 4.52. The number of halogens is 2. The van der Waals surface area contributed by atoms with Crippen molar-refractivity contribution in [2.24, 2.45) is 5.92 Å². The molecule has 0 spiro atoms. The molecule has 0 saturated carbocycles. The predicted octanol–water partition coefficient (Wildman–Crippen LogP) is 2.91. The van der Waals surface area contributed by atoms with Gasteiger partial charge in [-0.25, -0.2) is 12.8 Å². The van der Waals surface area contributed by atoms with E-state index in [1.54, 1.807) is 14.1 Å². The highest BCUT2D eigenvalue weighted by molar-refractivity contribution is 7.96. The fraction of sp³-hybridized carbons (Fsp3) is 0.471. The van der Waals surface area contributed by atoms with Crippen LogP contribution in [0, 0.1) is 11.7 Å². The molecule has 1 fully saturated rings. The minimum Gasteiger partial charge on any atom is -0.382 e. The molecule has 1 aromatic carbocycles. The van der Waals surface area contributed by atoms with Crippen LogP contribution in [-0.2, 0) is 14.6 Å². The lowest BCUT2D eigenvalue weighted by atomic mass is 9.99. The number of carbonyl (C=O) groups excluding carboxylic acids is 1. The highest BCUT2D eigenvalue weighted by atomic mass is 35.5. The molecule has 1 aliphatic rings. The van der Waals surface area contributed by atoms with E-state index < -0.39 is 31.4 Å². The molecular weight excluding hydrogens is 367 g/mol. The monoisotopic (exact) mass is 388 g/mol. The molecular formula is C17H22ClFN2O3S. The molecule has 5 nitrogen and oxygen atoms in total. The first-order valence-corrected chi connectivity index (χ1v) is 9.86. The smallest absolute Gasteiger partial charge is 0.267 e. The van der Waals surface area contributed by atoms with E-state index in [4.69, 9.17) is 11.6 Å². The third-order valence-electron chi connectivity index (χ3n) is 4.13. The van der Waals surface area contributed by atoms with E-state index in [-0.39, 0.29) is 5.02 Å². The molecule has 138 valence electrons. The summed E-state index contributed by atoms with van der Waals surface area (Å²) in [5.74, 6) is -1.08. The zero-order valence-corrected chi connectivity index (χ0v) is 16.1. The van der Waals surface area contributed by atoms with Gasteiger partial charge in [0.05, 0.1) is 0 Å². The number of rotatable bonds is 4. The normalized spacial score (nSPS) is 16.8. The number of benzene rings is 1. The van der Waals surface area contributed by atoms with Crippen molar-refractivity contribution in [3.8, 4) is 0 Å². The summed E-state index contributed by atoms with van der Waals surface area (Å²) >= 11 is 5.70. The van der Waals surface area contributed by atoms with E-state index in [0.717, 1.165) is 25.0 Å². The number of piperidine rings is 1. The molecule has 2 rings (SSSR count). The number of amides is 1. The van der Waals surface area contributed by atoms with Crippen LogP contribution in [0.4, 0.5) is 4.39 Å². The lowest BCUT2D eigenvalue weighted by Gasteiger charge is -2.31. The van der Waals surface area contributed by atoms with Crippen LogP contribution in [-0.4, -0.2) is 51.3 Å². The average Bonchev–Trinajstić information content (AvgIpc) is 2.52. The lowest BCUT2D eigenvalue weighted by Crippen LogP contribution is -2.40. The SMILES string of the molecule is CC1CCN(C(=O)/C(=C/N(C)C)S(=O)(=O)c2ccc(Cl)cc2F)CC1. The first kappa shape index (κ1) is 19.7. The summed E-state index contributed by atoms with van der Waals surface area (Å²) in [6.07, 6.45) is 2.86. The summed E-state index contributed by atoms with van der Waals surface area (Å²) in [4.78, 5) is 14.8. The first-order chi connectivity index (χ1) is 11.6. The van der Waals surface area contributed by atoms with Crippen molar-refractivity contribution >= 4 is 27.3 Å². The Morgan fingerprint density at radius 3 is 2.44 bits per heavy atom. The number of carbonyl (C=O) groups is 1. The fourth-order valence-corrected chi connectivity index (χ4v) is 4.32. The fourth-order valence-electron chi connectivity index (χ4n) is 2.65. The molecule has 8 heteroatoms. The zero-order chi connectivity index (χ0) is 18.8. The molecule has 0 atom stereocenters. The van der Waals surface area contributed by atoms with Gasteiger partial charge in [0.1, 0.15) is 10.7 Å². The molecule has 1 aliphatic heterocycles. The highest BCUT2D eigenvalue weighted by Crippen LogP contribution is 2.27. The van der Waals surface area contributed by atoms with Gasteiger partial charge >= 0.3 is 0 Å². The van der Waals surface area contributed by atoms with Crippen LogP contribution in [0.5, 0.6) is 0 Å². The van der Waals surface area contributed by atoms with Crippen molar-refractivity contribution < 1.29 is 17.6 Å². The molecule has 0 radical (unpaired) electrons.